The molecule has 0 amide bonds. The highest BCUT2D eigenvalue weighted by atomic mass is 35.5. The van der Waals surface area contributed by atoms with Gasteiger partial charge in [0.15, 0.2) is 0 Å². The van der Waals surface area contributed by atoms with Crippen LogP contribution in [0.15, 0.2) is 30.5 Å². The average molecular weight is 304 g/mol. The molecule has 112 valence electrons. The van der Waals surface area contributed by atoms with Crippen LogP contribution in [-0.4, -0.2) is 17.6 Å². The van der Waals surface area contributed by atoms with Crippen LogP contribution >= 0.6 is 11.6 Å². The van der Waals surface area contributed by atoms with Crippen molar-refractivity contribution in [3.8, 4) is 0 Å². The molecule has 3 rings (SSSR count). The predicted molar refractivity (Wildman–Crippen MR) is 88.5 cm³/mol. The summed E-state index contributed by atoms with van der Waals surface area (Å²) in [6.45, 7) is 2.89. The molecule has 4 heteroatoms. The summed E-state index contributed by atoms with van der Waals surface area (Å²) < 4.78 is 0. The molecule has 1 aliphatic rings. The lowest BCUT2D eigenvalue weighted by Crippen LogP contribution is -2.35. The second-order valence-electron chi connectivity index (χ2n) is 6.11. The third-order valence-corrected chi connectivity index (χ3v) is 4.82. The van der Waals surface area contributed by atoms with Crippen molar-refractivity contribution in [2.75, 3.05) is 6.54 Å². The molecule has 3 unspecified atom stereocenters. The van der Waals surface area contributed by atoms with Gasteiger partial charge in [-0.1, -0.05) is 24.6 Å². The normalized spacial score (nSPS) is 23.6. The molecule has 21 heavy (non-hydrogen) atoms. The van der Waals surface area contributed by atoms with Gasteiger partial charge in [0.05, 0.1) is 5.52 Å². The van der Waals surface area contributed by atoms with Crippen LogP contribution in [0.2, 0.25) is 5.02 Å². The SMILES string of the molecule is CC1CCC(NC(CN)c2ccc(Cl)c3cccnc23)C1. The minimum absolute atomic E-state index is 0.134. The van der Waals surface area contributed by atoms with Crippen LogP contribution in [0.4, 0.5) is 0 Å². The van der Waals surface area contributed by atoms with E-state index in [0.717, 1.165) is 27.4 Å². The maximum atomic E-state index is 6.27. The number of halogens is 1. The lowest BCUT2D eigenvalue weighted by Gasteiger charge is -2.23. The van der Waals surface area contributed by atoms with E-state index in [-0.39, 0.29) is 6.04 Å². The zero-order valence-corrected chi connectivity index (χ0v) is 13.1. The first-order chi connectivity index (χ1) is 10.2. The van der Waals surface area contributed by atoms with Crippen molar-refractivity contribution in [3.63, 3.8) is 0 Å². The van der Waals surface area contributed by atoms with Crippen molar-refractivity contribution in [2.45, 2.75) is 38.3 Å². The Morgan fingerprint density at radius 1 is 1.38 bits per heavy atom. The molecule has 1 heterocycles. The van der Waals surface area contributed by atoms with E-state index >= 15 is 0 Å². The summed E-state index contributed by atoms with van der Waals surface area (Å²) >= 11 is 6.27. The molecule has 3 nitrogen and oxygen atoms in total. The third-order valence-electron chi connectivity index (χ3n) is 4.49. The highest BCUT2D eigenvalue weighted by Crippen LogP contribution is 2.31. The lowest BCUT2D eigenvalue weighted by molar-refractivity contribution is 0.435. The molecule has 1 saturated carbocycles. The summed E-state index contributed by atoms with van der Waals surface area (Å²) in [6, 6.07) is 8.63. The fourth-order valence-electron chi connectivity index (χ4n) is 3.37. The van der Waals surface area contributed by atoms with Crippen molar-refractivity contribution in [2.24, 2.45) is 11.7 Å². The monoisotopic (exact) mass is 303 g/mol. The maximum absolute atomic E-state index is 6.27. The molecule has 0 saturated heterocycles. The number of pyridine rings is 1. The minimum atomic E-state index is 0.134. The van der Waals surface area contributed by atoms with Gasteiger partial charge in [0, 0.05) is 35.2 Å². The van der Waals surface area contributed by atoms with E-state index in [9.17, 15) is 0 Å². The summed E-state index contributed by atoms with van der Waals surface area (Å²) in [7, 11) is 0. The Bertz CT molecular complexity index is 628. The zero-order chi connectivity index (χ0) is 14.8. The molecular weight excluding hydrogens is 282 g/mol. The number of aromatic nitrogens is 1. The van der Waals surface area contributed by atoms with Crippen molar-refractivity contribution in [1.82, 2.24) is 10.3 Å². The Morgan fingerprint density at radius 3 is 2.95 bits per heavy atom. The predicted octanol–water partition coefficient (Wildman–Crippen LogP) is 3.67. The van der Waals surface area contributed by atoms with E-state index in [4.69, 9.17) is 17.3 Å². The lowest BCUT2D eigenvalue weighted by atomic mass is 10.0. The van der Waals surface area contributed by atoms with E-state index in [1.807, 2.05) is 24.4 Å². The Balaban J connectivity index is 1.92. The smallest absolute Gasteiger partial charge is 0.0765 e. The number of hydrogen-bond donors (Lipinski definition) is 2. The van der Waals surface area contributed by atoms with Crippen LogP contribution in [0.5, 0.6) is 0 Å². The van der Waals surface area contributed by atoms with E-state index in [1.165, 1.54) is 19.3 Å². The summed E-state index contributed by atoms with van der Waals surface area (Å²) in [4.78, 5) is 4.52. The highest BCUT2D eigenvalue weighted by Gasteiger charge is 2.25. The zero-order valence-electron chi connectivity index (χ0n) is 12.3. The summed E-state index contributed by atoms with van der Waals surface area (Å²) in [5.41, 5.74) is 8.13. The van der Waals surface area contributed by atoms with Gasteiger partial charge < -0.3 is 11.1 Å². The highest BCUT2D eigenvalue weighted by molar-refractivity contribution is 6.35. The number of benzene rings is 1. The van der Waals surface area contributed by atoms with Crippen molar-refractivity contribution < 1.29 is 0 Å². The molecule has 3 N–H and O–H groups in total. The fourth-order valence-corrected chi connectivity index (χ4v) is 3.58. The molecule has 0 bridgehead atoms. The molecule has 3 atom stereocenters. The van der Waals surface area contributed by atoms with Crippen molar-refractivity contribution in [1.29, 1.82) is 0 Å². The Morgan fingerprint density at radius 2 is 2.24 bits per heavy atom. The van der Waals surface area contributed by atoms with Gasteiger partial charge in [-0.05, 0) is 48.9 Å². The van der Waals surface area contributed by atoms with Crippen LogP contribution in [0.25, 0.3) is 10.9 Å². The van der Waals surface area contributed by atoms with Crippen LogP contribution in [0.3, 0.4) is 0 Å². The van der Waals surface area contributed by atoms with E-state index in [0.29, 0.717) is 12.6 Å². The topological polar surface area (TPSA) is 50.9 Å². The first kappa shape index (κ1) is 14.8. The van der Waals surface area contributed by atoms with Crippen molar-refractivity contribution in [3.05, 3.63) is 41.0 Å². The van der Waals surface area contributed by atoms with Gasteiger partial charge in [0.1, 0.15) is 0 Å². The summed E-state index contributed by atoms with van der Waals surface area (Å²) in [5.74, 6) is 0.806. The standard InChI is InChI=1S/C17H22ClN3/c1-11-4-5-12(9-11)21-16(10-19)14-6-7-15(18)13-3-2-8-20-17(13)14/h2-3,6-8,11-12,16,21H,4-5,9-10,19H2,1H3. The molecule has 1 aromatic carbocycles. The number of fused-ring (bicyclic) bond motifs is 1. The van der Waals surface area contributed by atoms with Crippen LogP contribution < -0.4 is 11.1 Å². The molecule has 1 aromatic heterocycles. The van der Waals surface area contributed by atoms with Gasteiger partial charge in [0.2, 0.25) is 0 Å². The average Bonchev–Trinajstić information content (AvgIpc) is 2.91. The largest absolute Gasteiger partial charge is 0.329 e. The maximum Gasteiger partial charge on any atom is 0.0765 e. The third kappa shape index (κ3) is 3.05. The number of nitrogens with two attached hydrogens (primary N) is 1. The molecule has 0 radical (unpaired) electrons. The fraction of sp³-hybridized carbons (Fsp3) is 0.471. The number of nitrogens with zero attached hydrogens (tertiary/aromatic N) is 1. The summed E-state index contributed by atoms with van der Waals surface area (Å²) in [6.07, 6.45) is 5.58. The van der Waals surface area contributed by atoms with Gasteiger partial charge in [0.25, 0.3) is 0 Å². The van der Waals surface area contributed by atoms with E-state index < -0.39 is 0 Å². The number of rotatable bonds is 4. The summed E-state index contributed by atoms with van der Waals surface area (Å²) in [5, 5.41) is 5.46. The van der Waals surface area contributed by atoms with Crippen LogP contribution in [0, 0.1) is 5.92 Å². The molecular formula is C17H22ClN3. The molecule has 0 spiro atoms. The second-order valence-corrected chi connectivity index (χ2v) is 6.51. The van der Waals surface area contributed by atoms with E-state index in [1.54, 1.807) is 0 Å². The van der Waals surface area contributed by atoms with Gasteiger partial charge in [-0.15, -0.1) is 0 Å². The number of hydrogen-bond acceptors (Lipinski definition) is 3. The van der Waals surface area contributed by atoms with Gasteiger partial charge in [-0.3, -0.25) is 4.98 Å². The van der Waals surface area contributed by atoms with Gasteiger partial charge in [-0.25, -0.2) is 0 Å². The Kier molecular flexibility index (Phi) is 4.43. The Labute approximate surface area is 130 Å². The first-order valence-electron chi connectivity index (χ1n) is 7.68. The van der Waals surface area contributed by atoms with Crippen molar-refractivity contribution >= 4 is 22.5 Å². The van der Waals surface area contributed by atoms with Crippen LogP contribution in [0.1, 0.15) is 37.8 Å². The first-order valence-corrected chi connectivity index (χ1v) is 8.06. The molecule has 1 fully saturated rings. The second kappa shape index (κ2) is 6.30. The molecule has 1 aliphatic carbocycles. The van der Waals surface area contributed by atoms with Crippen LogP contribution in [-0.2, 0) is 0 Å². The number of nitrogens with one attached hydrogen (secondary N) is 1. The minimum Gasteiger partial charge on any atom is -0.329 e. The molecule has 0 aliphatic heterocycles. The quantitative estimate of drug-likeness (QED) is 0.906. The van der Waals surface area contributed by atoms with E-state index in [2.05, 4.69) is 23.3 Å². The van der Waals surface area contributed by atoms with Gasteiger partial charge >= 0.3 is 0 Å². The van der Waals surface area contributed by atoms with Gasteiger partial charge in [-0.2, -0.15) is 0 Å². The molecule has 2 aromatic rings. The Hall–Kier alpha value is -1.16.